The lowest BCUT2D eigenvalue weighted by molar-refractivity contribution is 0.768. The third kappa shape index (κ3) is 6.39. The number of hydrogen-bond donors (Lipinski definition) is 0. The zero-order chi connectivity index (χ0) is 45.7. The van der Waals surface area contributed by atoms with Crippen molar-refractivity contribution in [3.05, 3.63) is 295 Å². The monoisotopic (exact) mass is 879 g/mol. The lowest BCUT2D eigenvalue weighted by Crippen LogP contribution is -2.28. The Hall–Kier alpha value is -9.05. The number of rotatable bonds is 9. The van der Waals surface area contributed by atoms with Crippen molar-refractivity contribution in [2.75, 3.05) is 4.90 Å². The molecule has 13 rings (SSSR count). The van der Waals surface area contributed by atoms with Gasteiger partial charge in [0.15, 0.2) is 0 Å². The molecule has 0 saturated heterocycles. The average molecular weight is 880 g/mol. The van der Waals surface area contributed by atoms with Gasteiger partial charge in [0.2, 0.25) is 0 Å². The summed E-state index contributed by atoms with van der Waals surface area (Å²) in [5.74, 6) is 0. The molecule has 0 saturated carbocycles. The van der Waals surface area contributed by atoms with E-state index in [1.165, 1.54) is 33.4 Å². The van der Waals surface area contributed by atoms with Crippen molar-refractivity contribution in [2.24, 2.45) is 0 Å². The van der Waals surface area contributed by atoms with Crippen LogP contribution in [0.2, 0.25) is 0 Å². The molecule has 3 heteroatoms. The second-order valence-electron chi connectivity index (χ2n) is 17.8. The molecular formula is C66H45N3. The van der Waals surface area contributed by atoms with E-state index in [1.54, 1.807) is 0 Å². The molecule has 0 fully saturated rings. The number of pyridine rings is 1. The van der Waals surface area contributed by atoms with Crippen molar-refractivity contribution in [2.45, 2.75) is 5.41 Å². The molecular weight excluding hydrogens is 835 g/mol. The Morgan fingerprint density at radius 1 is 0.333 bits per heavy atom. The van der Waals surface area contributed by atoms with Crippen LogP contribution < -0.4 is 4.90 Å². The van der Waals surface area contributed by atoms with Gasteiger partial charge in [-0.15, -0.1) is 0 Å². The predicted octanol–water partition coefficient (Wildman–Crippen LogP) is 17.0. The zero-order valence-corrected chi connectivity index (χ0v) is 37.8. The number of benzene rings is 10. The highest BCUT2D eigenvalue weighted by molar-refractivity contribution is 6.14. The molecule has 2 heterocycles. The number of fused-ring (bicyclic) bond motifs is 6. The molecule has 1 aliphatic rings. The third-order valence-corrected chi connectivity index (χ3v) is 14.1. The highest BCUT2D eigenvalue weighted by Crippen LogP contribution is 2.60. The van der Waals surface area contributed by atoms with Crippen LogP contribution in [0.15, 0.2) is 273 Å². The molecule has 10 aromatic carbocycles. The first-order valence-electron chi connectivity index (χ1n) is 23.7. The summed E-state index contributed by atoms with van der Waals surface area (Å²) in [5.41, 5.74) is 19.8. The first-order valence-corrected chi connectivity index (χ1v) is 23.7. The third-order valence-electron chi connectivity index (χ3n) is 14.1. The van der Waals surface area contributed by atoms with Gasteiger partial charge in [-0.05, 0) is 63.2 Å². The van der Waals surface area contributed by atoms with Crippen LogP contribution in [0, 0.1) is 0 Å². The van der Waals surface area contributed by atoms with E-state index in [0.717, 1.165) is 78.1 Å². The molecule has 0 bridgehead atoms. The van der Waals surface area contributed by atoms with Crippen molar-refractivity contribution in [3.8, 4) is 55.9 Å². The zero-order valence-electron chi connectivity index (χ0n) is 37.8. The van der Waals surface area contributed by atoms with E-state index in [1.807, 2.05) is 0 Å². The molecule has 1 aliphatic carbocycles. The molecule has 0 radical (unpaired) electrons. The predicted molar refractivity (Wildman–Crippen MR) is 286 cm³/mol. The largest absolute Gasteiger partial charge is 0.309 e. The highest BCUT2D eigenvalue weighted by atomic mass is 15.2. The van der Waals surface area contributed by atoms with Crippen molar-refractivity contribution >= 4 is 33.4 Å². The molecule has 0 unspecified atom stereocenters. The topological polar surface area (TPSA) is 20.5 Å². The fraction of sp³-hybridized carbons (Fsp3) is 0.0152. The van der Waals surface area contributed by atoms with Crippen LogP contribution in [0.4, 0.5) is 17.1 Å². The second-order valence-corrected chi connectivity index (χ2v) is 17.8. The van der Waals surface area contributed by atoms with Crippen molar-refractivity contribution in [1.29, 1.82) is 0 Å². The number of aromatic nitrogens is 2. The molecule has 12 aromatic rings. The summed E-state index contributed by atoms with van der Waals surface area (Å²) in [5, 5.41) is 7.80. The second kappa shape index (κ2) is 16.7. The summed E-state index contributed by atoms with van der Waals surface area (Å²) in [6.07, 6.45) is 0. The normalized spacial score (nSPS) is 12.5. The van der Waals surface area contributed by atoms with E-state index in [4.69, 9.17) is 5.10 Å². The first kappa shape index (κ1) is 40.2. The van der Waals surface area contributed by atoms with Crippen LogP contribution >= 0.6 is 0 Å². The van der Waals surface area contributed by atoms with Gasteiger partial charge in [0.1, 0.15) is 5.69 Å². The van der Waals surface area contributed by atoms with Gasteiger partial charge in [-0.1, -0.05) is 249 Å². The number of para-hydroxylation sites is 1. The highest BCUT2D eigenvalue weighted by Gasteiger charge is 2.47. The molecule has 69 heavy (non-hydrogen) atoms. The van der Waals surface area contributed by atoms with Crippen LogP contribution in [-0.2, 0) is 5.41 Å². The minimum atomic E-state index is -0.573. The quantitative estimate of drug-likeness (QED) is 0.144. The minimum absolute atomic E-state index is 0.573. The fourth-order valence-corrected chi connectivity index (χ4v) is 11.2. The Labute approximate surface area is 402 Å². The van der Waals surface area contributed by atoms with E-state index in [0.29, 0.717) is 0 Å². The maximum atomic E-state index is 5.58. The van der Waals surface area contributed by atoms with Crippen LogP contribution in [0.5, 0.6) is 0 Å². The molecule has 0 spiro atoms. The van der Waals surface area contributed by atoms with Crippen molar-refractivity contribution < 1.29 is 0 Å². The lowest BCUT2D eigenvalue weighted by Gasteiger charge is -2.35. The van der Waals surface area contributed by atoms with Gasteiger partial charge in [-0.3, -0.25) is 0 Å². The SMILES string of the molecule is c1ccc(-c2ccccc2N(c2cccc3c2-c2ccccc2C3(c2ccccc2)c2ccccc2)c2cccc3c2cc(-c2ccccc2)n2nc(-c4ccccc4)c(-c4ccccc4)c32)cc1. The molecule has 0 aliphatic heterocycles. The van der Waals surface area contributed by atoms with Crippen LogP contribution in [-0.4, -0.2) is 9.61 Å². The number of anilines is 3. The van der Waals surface area contributed by atoms with Gasteiger partial charge in [0.25, 0.3) is 0 Å². The van der Waals surface area contributed by atoms with E-state index < -0.39 is 5.41 Å². The van der Waals surface area contributed by atoms with E-state index in [9.17, 15) is 0 Å². The summed E-state index contributed by atoms with van der Waals surface area (Å²) in [6.45, 7) is 0. The maximum Gasteiger partial charge on any atom is 0.101 e. The van der Waals surface area contributed by atoms with Gasteiger partial charge < -0.3 is 4.90 Å². The summed E-state index contributed by atoms with van der Waals surface area (Å²) >= 11 is 0. The van der Waals surface area contributed by atoms with Gasteiger partial charge in [-0.2, -0.15) is 5.10 Å². The van der Waals surface area contributed by atoms with Crippen LogP contribution in [0.25, 0.3) is 72.2 Å². The minimum Gasteiger partial charge on any atom is -0.309 e. The molecule has 2 aromatic heterocycles. The standard InChI is InChI=1S/C66H45N3/c1-7-25-46(26-8-1)52-37-20-22-42-58(52)68(60-44-24-41-57-63(60)54-38-19-21-40-56(54)66(57,50-33-15-5-16-34-50)51-35-17-6-18-36-51)59-43-23-39-53-55(59)45-61(47-27-9-2-10-28-47)69-65(53)62(48-29-11-3-12-30-48)64(67-69)49-31-13-4-14-32-49/h1-45H. The van der Waals surface area contributed by atoms with Gasteiger partial charge in [0.05, 0.1) is 33.7 Å². The van der Waals surface area contributed by atoms with Crippen molar-refractivity contribution in [1.82, 2.24) is 9.61 Å². The summed E-state index contributed by atoms with van der Waals surface area (Å²) in [6, 6.07) is 99.2. The van der Waals surface area contributed by atoms with E-state index in [-0.39, 0.29) is 0 Å². The average Bonchev–Trinajstić information content (AvgIpc) is 3.99. The van der Waals surface area contributed by atoms with Gasteiger partial charge in [-0.25, -0.2) is 4.52 Å². The molecule has 3 nitrogen and oxygen atoms in total. The summed E-state index contributed by atoms with van der Waals surface area (Å²) in [7, 11) is 0. The van der Waals surface area contributed by atoms with Crippen molar-refractivity contribution in [3.63, 3.8) is 0 Å². The Balaban J connectivity index is 1.19. The smallest absolute Gasteiger partial charge is 0.101 e. The van der Waals surface area contributed by atoms with E-state index >= 15 is 0 Å². The Morgan fingerprint density at radius 2 is 0.812 bits per heavy atom. The van der Waals surface area contributed by atoms with E-state index in [2.05, 4.69) is 282 Å². The maximum absolute atomic E-state index is 5.58. The first-order chi connectivity index (χ1) is 34.3. The fourth-order valence-electron chi connectivity index (χ4n) is 11.2. The lowest BCUT2D eigenvalue weighted by atomic mass is 9.68. The van der Waals surface area contributed by atoms with Crippen LogP contribution in [0.1, 0.15) is 22.3 Å². The number of hydrogen-bond acceptors (Lipinski definition) is 2. The summed E-state index contributed by atoms with van der Waals surface area (Å²) in [4.78, 5) is 2.55. The van der Waals surface area contributed by atoms with Gasteiger partial charge in [0, 0.05) is 38.6 Å². The Morgan fingerprint density at radius 3 is 1.46 bits per heavy atom. The Kier molecular flexibility index (Phi) is 9.73. The Bertz CT molecular complexity index is 3770. The molecule has 0 N–H and O–H groups in total. The molecule has 324 valence electrons. The summed E-state index contributed by atoms with van der Waals surface area (Å²) < 4.78 is 2.19. The van der Waals surface area contributed by atoms with Crippen LogP contribution in [0.3, 0.4) is 0 Å². The molecule has 0 amide bonds. The molecule has 0 atom stereocenters. The van der Waals surface area contributed by atoms with Gasteiger partial charge >= 0.3 is 0 Å². The number of nitrogens with zero attached hydrogens (tertiary/aromatic N) is 3.